The average molecular weight is 427 g/mol. The summed E-state index contributed by atoms with van der Waals surface area (Å²) in [5, 5.41) is 15.3. The van der Waals surface area contributed by atoms with Crippen LogP contribution in [0, 0.1) is 6.92 Å². The fourth-order valence-corrected chi connectivity index (χ4v) is 4.16. The van der Waals surface area contributed by atoms with Gasteiger partial charge in [0.05, 0.1) is 0 Å². The van der Waals surface area contributed by atoms with Gasteiger partial charge in [-0.15, -0.1) is 10.2 Å². The highest BCUT2D eigenvalue weighted by Crippen LogP contribution is 2.42. The van der Waals surface area contributed by atoms with Crippen molar-refractivity contribution < 1.29 is 14.1 Å². The minimum atomic E-state index is -0.591. The Bertz CT molecular complexity index is 1040. The van der Waals surface area contributed by atoms with Crippen molar-refractivity contribution in [2.45, 2.75) is 49.1 Å². The van der Waals surface area contributed by atoms with Gasteiger partial charge in [0.15, 0.2) is 11.0 Å². The number of primary amides is 1. The van der Waals surface area contributed by atoms with Gasteiger partial charge in [0.25, 0.3) is 0 Å². The average Bonchev–Trinajstić information content (AvgIpc) is 3.37. The SMILES string of the molecule is Cc1cc(NC(=O)C(Sc2nnc(C3CC3)n2CCC(N)=O)c2ccccc2)no1. The van der Waals surface area contributed by atoms with Gasteiger partial charge in [-0.25, -0.2) is 0 Å². The molecular weight excluding hydrogens is 404 g/mol. The van der Waals surface area contributed by atoms with E-state index in [1.807, 2.05) is 34.9 Å². The number of thioether (sulfide) groups is 1. The summed E-state index contributed by atoms with van der Waals surface area (Å²) >= 11 is 1.29. The van der Waals surface area contributed by atoms with E-state index >= 15 is 0 Å². The molecule has 30 heavy (non-hydrogen) atoms. The largest absolute Gasteiger partial charge is 0.370 e. The third-order valence-electron chi connectivity index (χ3n) is 4.71. The summed E-state index contributed by atoms with van der Waals surface area (Å²) in [5.74, 6) is 1.51. The third-order valence-corrected chi connectivity index (χ3v) is 5.95. The van der Waals surface area contributed by atoms with Crippen LogP contribution in [-0.2, 0) is 16.1 Å². The number of hydrogen-bond acceptors (Lipinski definition) is 7. The van der Waals surface area contributed by atoms with Crippen LogP contribution >= 0.6 is 11.8 Å². The van der Waals surface area contributed by atoms with E-state index in [2.05, 4.69) is 20.7 Å². The minimum absolute atomic E-state index is 0.186. The molecule has 10 heteroatoms. The molecule has 0 spiro atoms. The molecule has 2 aromatic heterocycles. The molecule has 4 rings (SSSR count). The maximum atomic E-state index is 13.1. The molecule has 2 heterocycles. The topological polar surface area (TPSA) is 129 Å². The number of anilines is 1. The second kappa shape index (κ2) is 8.70. The zero-order chi connectivity index (χ0) is 21.1. The van der Waals surface area contributed by atoms with Gasteiger partial charge in [-0.05, 0) is 25.3 Å². The van der Waals surface area contributed by atoms with Crippen LogP contribution in [0.3, 0.4) is 0 Å². The first kappa shape index (κ1) is 20.1. The lowest BCUT2D eigenvalue weighted by atomic mass is 10.1. The van der Waals surface area contributed by atoms with Crippen LogP contribution in [0.5, 0.6) is 0 Å². The summed E-state index contributed by atoms with van der Waals surface area (Å²) in [4.78, 5) is 24.5. The second-order valence-corrected chi connectivity index (χ2v) is 8.28. The smallest absolute Gasteiger partial charge is 0.243 e. The van der Waals surface area contributed by atoms with Crippen molar-refractivity contribution in [3.8, 4) is 0 Å². The molecular formula is C20H22N6O3S. The maximum absolute atomic E-state index is 13.1. The summed E-state index contributed by atoms with van der Waals surface area (Å²) in [7, 11) is 0. The van der Waals surface area contributed by atoms with Gasteiger partial charge in [0, 0.05) is 24.9 Å². The molecule has 156 valence electrons. The summed E-state index contributed by atoms with van der Waals surface area (Å²) in [5.41, 5.74) is 6.17. The zero-order valence-corrected chi connectivity index (χ0v) is 17.3. The van der Waals surface area contributed by atoms with Crippen molar-refractivity contribution in [3.05, 3.63) is 53.5 Å². The molecule has 1 aliphatic rings. The Morgan fingerprint density at radius 1 is 1.30 bits per heavy atom. The number of amides is 2. The molecule has 9 nitrogen and oxygen atoms in total. The van der Waals surface area contributed by atoms with Crippen LogP contribution in [0.4, 0.5) is 5.82 Å². The van der Waals surface area contributed by atoms with Gasteiger partial charge in [0.1, 0.15) is 16.8 Å². The van der Waals surface area contributed by atoms with Crippen molar-refractivity contribution in [2.24, 2.45) is 5.73 Å². The predicted molar refractivity (Wildman–Crippen MR) is 111 cm³/mol. The Kier molecular flexibility index (Phi) is 5.84. The Hall–Kier alpha value is -3.14. The minimum Gasteiger partial charge on any atom is -0.370 e. The van der Waals surface area contributed by atoms with Gasteiger partial charge >= 0.3 is 0 Å². The first-order valence-corrected chi connectivity index (χ1v) is 10.6. The maximum Gasteiger partial charge on any atom is 0.243 e. The number of nitrogens with zero attached hydrogens (tertiary/aromatic N) is 4. The van der Waals surface area contributed by atoms with E-state index in [4.69, 9.17) is 10.3 Å². The van der Waals surface area contributed by atoms with Gasteiger partial charge in [-0.2, -0.15) is 0 Å². The number of nitrogens with two attached hydrogens (primary N) is 1. The molecule has 3 N–H and O–H groups in total. The highest BCUT2D eigenvalue weighted by Gasteiger charge is 2.32. The second-order valence-electron chi connectivity index (χ2n) is 7.20. The number of benzene rings is 1. The van der Waals surface area contributed by atoms with Crippen LogP contribution in [-0.4, -0.2) is 31.7 Å². The first-order valence-electron chi connectivity index (χ1n) is 9.68. The molecule has 1 atom stereocenters. The highest BCUT2D eigenvalue weighted by molar-refractivity contribution is 8.00. The Morgan fingerprint density at radius 2 is 2.07 bits per heavy atom. The summed E-state index contributed by atoms with van der Waals surface area (Å²) in [6.45, 7) is 2.15. The van der Waals surface area contributed by atoms with E-state index in [1.54, 1.807) is 13.0 Å². The quantitative estimate of drug-likeness (QED) is 0.503. The predicted octanol–water partition coefficient (Wildman–Crippen LogP) is 2.80. The first-order chi connectivity index (χ1) is 14.5. The summed E-state index contributed by atoms with van der Waals surface area (Å²) < 4.78 is 6.95. The van der Waals surface area contributed by atoms with Crippen LogP contribution < -0.4 is 11.1 Å². The van der Waals surface area contributed by atoms with E-state index in [0.717, 1.165) is 24.2 Å². The van der Waals surface area contributed by atoms with Gasteiger partial charge < -0.3 is 20.1 Å². The van der Waals surface area contributed by atoms with Crippen LogP contribution in [0.25, 0.3) is 0 Å². The molecule has 0 radical (unpaired) electrons. The number of nitrogens with one attached hydrogen (secondary N) is 1. The molecule has 2 amide bonds. The van der Waals surface area contributed by atoms with E-state index in [-0.39, 0.29) is 18.2 Å². The Morgan fingerprint density at radius 3 is 2.70 bits per heavy atom. The van der Waals surface area contributed by atoms with Crippen molar-refractivity contribution >= 4 is 29.4 Å². The zero-order valence-electron chi connectivity index (χ0n) is 16.4. The molecule has 1 aromatic carbocycles. The normalized spacial score (nSPS) is 14.4. The number of aromatic nitrogens is 4. The van der Waals surface area contributed by atoms with E-state index in [9.17, 15) is 9.59 Å². The molecule has 1 fully saturated rings. The number of hydrogen-bond donors (Lipinski definition) is 2. The molecule has 1 unspecified atom stereocenters. The fraction of sp³-hybridized carbons (Fsp3) is 0.350. The molecule has 1 saturated carbocycles. The monoisotopic (exact) mass is 426 g/mol. The summed E-state index contributed by atoms with van der Waals surface area (Å²) in [6, 6.07) is 11.1. The number of rotatable bonds is 9. The van der Waals surface area contributed by atoms with Gasteiger partial charge in [0.2, 0.25) is 11.8 Å². The van der Waals surface area contributed by atoms with Crippen molar-refractivity contribution in [1.82, 2.24) is 19.9 Å². The lowest BCUT2D eigenvalue weighted by Gasteiger charge is -2.16. The van der Waals surface area contributed by atoms with E-state index in [1.165, 1.54) is 11.8 Å². The van der Waals surface area contributed by atoms with Gasteiger partial charge in [-0.1, -0.05) is 47.3 Å². The van der Waals surface area contributed by atoms with Crippen LogP contribution in [0.1, 0.15) is 47.6 Å². The Labute approximate surface area is 177 Å². The van der Waals surface area contributed by atoms with Crippen LogP contribution in [0.15, 0.2) is 46.1 Å². The Balaban J connectivity index is 1.61. The molecule has 3 aromatic rings. The van der Waals surface area contributed by atoms with Gasteiger partial charge in [-0.3, -0.25) is 9.59 Å². The van der Waals surface area contributed by atoms with Crippen LogP contribution in [0.2, 0.25) is 0 Å². The highest BCUT2D eigenvalue weighted by atomic mass is 32.2. The lowest BCUT2D eigenvalue weighted by molar-refractivity contribution is -0.118. The van der Waals surface area contributed by atoms with Crippen molar-refractivity contribution in [3.63, 3.8) is 0 Å². The number of carbonyl (C=O) groups is 2. The number of aryl methyl sites for hydroxylation is 1. The molecule has 0 aliphatic heterocycles. The van der Waals surface area contributed by atoms with E-state index < -0.39 is 5.25 Å². The summed E-state index contributed by atoms with van der Waals surface area (Å²) in [6.07, 6.45) is 2.28. The fourth-order valence-electron chi connectivity index (χ4n) is 3.09. The lowest BCUT2D eigenvalue weighted by Crippen LogP contribution is -2.20. The number of carbonyl (C=O) groups excluding carboxylic acids is 2. The van der Waals surface area contributed by atoms with Crippen molar-refractivity contribution in [2.75, 3.05) is 5.32 Å². The molecule has 1 aliphatic carbocycles. The third kappa shape index (κ3) is 4.70. The van der Waals surface area contributed by atoms with E-state index in [0.29, 0.717) is 29.2 Å². The van der Waals surface area contributed by atoms with Crippen molar-refractivity contribution in [1.29, 1.82) is 0 Å². The molecule has 0 bridgehead atoms. The standard InChI is InChI=1S/C20H22N6O3S/c1-12-11-16(25-29-12)22-19(28)17(13-5-3-2-4-6-13)30-20-24-23-18(14-7-8-14)26(20)10-9-15(21)27/h2-6,11,14,17H,7-10H2,1H3,(H2,21,27)(H,22,25,28). The molecule has 0 saturated heterocycles.